The maximum absolute atomic E-state index is 13.9. The minimum atomic E-state index is -0.718. The largest absolute Gasteiger partial charge is 0.444 e. The highest BCUT2D eigenvalue weighted by molar-refractivity contribution is 5.91. The first kappa shape index (κ1) is 31.9. The molecule has 0 radical (unpaired) electrons. The molecular weight excluding hydrogens is 512 g/mol. The van der Waals surface area contributed by atoms with Gasteiger partial charge in [0.1, 0.15) is 17.7 Å². The van der Waals surface area contributed by atoms with Crippen LogP contribution in [-0.4, -0.2) is 78.7 Å². The number of nitrogens with zero attached hydrogens (tertiary/aromatic N) is 1. The fourth-order valence-corrected chi connectivity index (χ4v) is 5.78. The average Bonchev–Trinajstić information content (AvgIpc) is 2.88. The summed E-state index contributed by atoms with van der Waals surface area (Å²) in [6, 6.07) is -1.28. The highest BCUT2D eigenvalue weighted by atomic mass is 16.6. The van der Waals surface area contributed by atoms with E-state index in [4.69, 9.17) is 9.47 Å². The molecule has 1 spiro atoms. The molecular formula is C30H50N4O6. The van der Waals surface area contributed by atoms with Crippen LogP contribution in [0.2, 0.25) is 0 Å². The Bertz CT molecular complexity index is 935. The molecule has 4 atom stereocenters. The van der Waals surface area contributed by atoms with Crippen molar-refractivity contribution in [1.82, 2.24) is 20.9 Å². The van der Waals surface area contributed by atoms with Crippen molar-refractivity contribution in [2.75, 3.05) is 26.3 Å². The minimum Gasteiger partial charge on any atom is -0.444 e. The van der Waals surface area contributed by atoms with Gasteiger partial charge in [-0.3, -0.25) is 14.4 Å². The molecule has 2 fully saturated rings. The summed E-state index contributed by atoms with van der Waals surface area (Å²) >= 11 is 0. The Morgan fingerprint density at radius 2 is 1.88 bits per heavy atom. The predicted molar refractivity (Wildman–Crippen MR) is 152 cm³/mol. The molecule has 3 N–H and O–H groups in total. The third kappa shape index (κ3) is 8.69. The second-order valence-corrected chi connectivity index (χ2v) is 13.0. The van der Waals surface area contributed by atoms with Gasteiger partial charge in [-0.25, -0.2) is 4.79 Å². The molecule has 0 bridgehead atoms. The molecule has 0 aromatic carbocycles. The molecule has 40 heavy (non-hydrogen) atoms. The molecule has 10 heteroatoms. The van der Waals surface area contributed by atoms with Crippen molar-refractivity contribution >= 4 is 23.8 Å². The summed E-state index contributed by atoms with van der Waals surface area (Å²) in [6.07, 6.45) is 7.59. The summed E-state index contributed by atoms with van der Waals surface area (Å²) in [6.45, 7) is 13.3. The Labute approximate surface area is 239 Å². The maximum Gasteiger partial charge on any atom is 0.408 e. The monoisotopic (exact) mass is 562 g/mol. The van der Waals surface area contributed by atoms with Gasteiger partial charge in [0, 0.05) is 31.7 Å². The number of alkyl carbamates (subject to hydrolysis) is 1. The summed E-state index contributed by atoms with van der Waals surface area (Å²) < 4.78 is 11.0. The topological polar surface area (TPSA) is 126 Å². The van der Waals surface area contributed by atoms with Crippen LogP contribution in [0.5, 0.6) is 0 Å². The number of piperidine rings is 1. The van der Waals surface area contributed by atoms with E-state index in [0.29, 0.717) is 58.4 Å². The lowest BCUT2D eigenvalue weighted by Crippen LogP contribution is -2.58. The number of amides is 4. The highest BCUT2D eigenvalue weighted by Crippen LogP contribution is 2.37. The normalized spacial score (nSPS) is 27.4. The molecule has 0 aromatic heterocycles. The lowest BCUT2D eigenvalue weighted by atomic mass is 9.74. The van der Waals surface area contributed by atoms with Crippen molar-refractivity contribution in [3.8, 4) is 0 Å². The van der Waals surface area contributed by atoms with Crippen LogP contribution in [-0.2, 0) is 23.9 Å². The first-order valence-corrected chi connectivity index (χ1v) is 15.0. The van der Waals surface area contributed by atoms with Crippen LogP contribution in [0.1, 0.15) is 86.5 Å². The number of hydrogen-bond donors (Lipinski definition) is 3. The van der Waals surface area contributed by atoms with Gasteiger partial charge in [-0.05, 0) is 71.6 Å². The van der Waals surface area contributed by atoms with E-state index in [1.54, 1.807) is 25.7 Å². The molecule has 2 saturated heterocycles. The second kappa shape index (κ2) is 13.8. The molecule has 10 nitrogen and oxygen atoms in total. The summed E-state index contributed by atoms with van der Waals surface area (Å²) in [5.41, 5.74) is -1.38. The first-order valence-electron chi connectivity index (χ1n) is 15.0. The van der Waals surface area contributed by atoms with Crippen LogP contribution in [0.4, 0.5) is 4.79 Å². The molecule has 0 unspecified atom stereocenters. The molecule has 3 aliphatic heterocycles. The zero-order valence-corrected chi connectivity index (χ0v) is 25.2. The number of likely N-dealkylation sites (tertiary alicyclic amines) is 1. The molecule has 3 rings (SSSR count). The molecule has 3 aliphatic rings. The Balaban J connectivity index is 1.74. The van der Waals surface area contributed by atoms with Gasteiger partial charge in [-0.15, -0.1) is 0 Å². The van der Waals surface area contributed by atoms with Crippen LogP contribution < -0.4 is 16.0 Å². The number of ether oxygens (including phenoxy) is 2. The molecule has 4 amide bonds. The van der Waals surface area contributed by atoms with Crippen LogP contribution >= 0.6 is 0 Å². The summed E-state index contributed by atoms with van der Waals surface area (Å²) in [5, 5.41) is 9.01. The van der Waals surface area contributed by atoms with E-state index < -0.39 is 29.2 Å². The highest BCUT2D eigenvalue weighted by Gasteiger charge is 2.44. The zero-order chi connectivity index (χ0) is 29.5. The van der Waals surface area contributed by atoms with Crippen LogP contribution in [0, 0.1) is 17.3 Å². The number of allylic oxidation sites excluding steroid dienone is 2. The van der Waals surface area contributed by atoms with Crippen molar-refractivity contribution in [3.63, 3.8) is 0 Å². The van der Waals surface area contributed by atoms with Gasteiger partial charge in [-0.1, -0.05) is 32.9 Å². The number of fused-ring (bicyclic) bond motifs is 1. The third-order valence-electron chi connectivity index (χ3n) is 8.16. The van der Waals surface area contributed by atoms with E-state index in [2.05, 4.69) is 28.1 Å². The molecule has 3 heterocycles. The van der Waals surface area contributed by atoms with E-state index in [1.165, 1.54) is 0 Å². The first-order chi connectivity index (χ1) is 18.8. The van der Waals surface area contributed by atoms with E-state index in [1.807, 2.05) is 20.8 Å². The summed E-state index contributed by atoms with van der Waals surface area (Å²) in [4.78, 5) is 54.6. The summed E-state index contributed by atoms with van der Waals surface area (Å²) in [5.74, 6) is -0.0121. The van der Waals surface area contributed by atoms with Crippen molar-refractivity contribution in [2.45, 2.75) is 110 Å². The van der Waals surface area contributed by atoms with Crippen LogP contribution in [0.15, 0.2) is 12.2 Å². The Morgan fingerprint density at radius 1 is 1.18 bits per heavy atom. The lowest BCUT2D eigenvalue weighted by molar-refractivity contribution is -0.143. The SMILES string of the molecule is CC[C@H](NC(=O)OC(C)(C)C)C(=O)N1CCC2(C/C=C/C[C@@H]3COCC[C@@H]3NC(=O)[C@H](CC(C)C)NC2=O)CC1. The van der Waals surface area contributed by atoms with E-state index in [9.17, 15) is 19.2 Å². The lowest BCUT2D eigenvalue weighted by Gasteiger charge is -2.42. The van der Waals surface area contributed by atoms with Gasteiger partial charge in [0.05, 0.1) is 12.0 Å². The standard InChI is InChI=1S/C30H50N4O6/c1-7-22(33-28(38)40-29(4,5)6)26(36)34-15-13-30(14-16-34)12-9-8-10-21-19-39-17-11-23(21)31-25(35)24(18-20(2)3)32-27(30)37/h8-9,20-24H,7,10-19H2,1-6H3,(H,31,35)(H,32,37)(H,33,38)/b9-8+/t21-,22+,23+,24+/m1/s1. The molecule has 0 aromatic rings. The van der Waals surface area contributed by atoms with Gasteiger partial charge >= 0.3 is 6.09 Å². The van der Waals surface area contributed by atoms with Crippen molar-refractivity contribution in [1.29, 1.82) is 0 Å². The van der Waals surface area contributed by atoms with E-state index in [0.717, 1.165) is 12.8 Å². The molecule has 0 saturated carbocycles. The van der Waals surface area contributed by atoms with Gasteiger partial charge < -0.3 is 30.3 Å². The quantitative estimate of drug-likeness (QED) is 0.442. The smallest absolute Gasteiger partial charge is 0.408 e. The summed E-state index contributed by atoms with van der Waals surface area (Å²) in [7, 11) is 0. The van der Waals surface area contributed by atoms with Gasteiger partial charge in [-0.2, -0.15) is 0 Å². The average molecular weight is 563 g/mol. The fraction of sp³-hybridized carbons (Fsp3) is 0.800. The van der Waals surface area contributed by atoms with Crippen LogP contribution in [0.3, 0.4) is 0 Å². The second-order valence-electron chi connectivity index (χ2n) is 13.0. The minimum absolute atomic E-state index is 0.0286. The number of nitrogens with one attached hydrogen (secondary N) is 3. The maximum atomic E-state index is 13.9. The molecule has 0 aliphatic carbocycles. The van der Waals surface area contributed by atoms with Gasteiger partial charge in [0.15, 0.2) is 0 Å². The predicted octanol–water partition coefficient (Wildman–Crippen LogP) is 3.30. The van der Waals surface area contributed by atoms with Crippen molar-refractivity contribution in [2.24, 2.45) is 17.3 Å². The number of carbonyl (C=O) groups is 4. The van der Waals surface area contributed by atoms with Crippen molar-refractivity contribution in [3.05, 3.63) is 12.2 Å². The fourth-order valence-electron chi connectivity index (χ4n) is 5.78. The zero-order valence-electron chi connectivity index (χ0n) is 25.2. The molecule has 226 valence electrons. The Kier molecular flexibility index (Phi) is 11.0. The third-order valence-corrected chi connectivity index (χ3v) is 8.16. The Morgan fingerprint density at radius 3 is 2.50 bits per heavy atom. The number of hydrogen-bond acceptors (Lipinski definition) is 6. The van der Waals surface area contributed by atoms with Gasteiger partial charge in [0.25, 0.3) is 0 Å². The number of carbonyl (C=O) groups excluding carboxylic acids is 4. The number of rotatable bonds is 5. The van der Waals surface area contributed by atoms with E-state index in [-0.39, 0.29) is 35.6 Å². The van der Waals surface area contributed by atoms with Crippen molar-refractivity contribution < 1.29 is 28.7 Å². The van der Waals surface area contributed by atoms with Crippen LogP contribution in [0.25, 0.3) is 0 Å². The van der Waals surface area contributed by atoms with Gasteiger partial charge in [0.2, 0.25) is 17.7 Å². The van der Waals surface area contributed by atoms with E-state index >= 15 is 0 Å². The Hall–Kier alpha value is -2.62.